The number of pyridine rings is 1. The number of hydrogen-bond acceptors (Lipinski definition) is 5. The predicted molar refractivity (Wildman–Crippen MR) is 117 cm³/mol. The lowest BCUT2D eigenvalue weighted by molar-refractivity contribution is 0.0976. The summed E-state index contributed by atoms with van der Waals surface area (Å²) in [4.78, 5) is 21.6. The minimum Gasteiger partial charge on any atom is -0.493 e. The highest BCUT2D eigenvalue weighted by molar-refractivity contribution is 6.10. The van der Waals surface area contributed by atoms with Gasteiger partial charge in [0, 0.05) is 17.4 Å². The van der Waals surface area contributed by atoms with Crippen LogP contribution in [-0.2, 0) is 6.54 Å². The molecule has 0 atom stereocenters. The van der Waals surface area contributed by atoms with Crippen molar-refractivity contribution < 1.29 is 14.3 Å². The van der Waals surface area contributed by atoms with Crippen LogP contribution in [0.15, 0.2) is 71.9 Å². The van der Waals surface area contributed by atoms with Gasteiger partial charge in [-0.25, -0.2) is 4.99 Å². The van der Waals surface area contributed by atoms with Crippen LogP contribution < -0.4 is 20.1 Å². The summed E-state index contributed by atoms with van der Waals surface area (Å²) in [6.07, 6.45) is 1.71. The molecule has 0 aliphatic heterocycles. The fourth-order valence-electron chi connectivity index (χ4n) is 2.69. The number of guanidine groups is 1. The van der Waals surface area contributed by atoms with E-state index in [0.29, 0.717) is 29.6 Å². The first-order valence-electron chi connectivity index (χ1n) is 9.40. The first-order valence-corrected chi connectivity index (χ1v) is 9.40. The molecule has 2 N–H and O–H groups in total. The number of nitrogens with zero attached hydrogens (tertiary/aromatic N) is 2. The van der Waals surface area contributed by atoms with E-state index >= 15 is 0 Å². The SMILES string of the molecule is COc1ccc(C(=O)NC(=NCc2ccccn2)Nc2ccc(C)cc2)cc1OC. The number of ether oxygens (including phenoxy) is 2. The fraction of sp³-hybridized carbons (Fsp3) is 0.174. The van der Waals surface area contributed by atoms with E-state index in [1.807, 2.05) is 49.4 Å². The second-order valence-electron chi connectivity index (χ2n) is 6.50. The molecule has 2 aromatic carbocycles. The number of anilines is 1. The van der Waals surface area contributed by atoms with Gasteiger partial charge in [0.2, 0.25) is 5.96 Å². The first-order chi connectivity index (χ1) is 14.6. The Balaban J connectivity index is 1.81. The summed E-state index contributed by atoms with van der Waals surface area (Å²) in [6.45, 7) is 2.33. The fourth-order valence-corrected chi connectivity index (χ4v) is 2.69. The zero-order valence-electron chi connectivity index (χ0n) is 17.2. The summed E-state index contributed by atoms with van der Waals surface area (Å²) >= 11 is 0. The number of hydrogen-bond donors (Lipinski definition) is 2. The van der Waals surface area contributed by atoms with Crippen LogP contribution in [0, 0.1) is 6.92 Å². The molecule has 0 fully saturated rings. The van der Waals surface area contributed by atoms with Crippen molar-refractivity contribution in [2.75, 3.05) is 19.5 Å². The van der Waals surface area contributed by atoms with Gasteiger partial charge in [-0.15, -0.1) is 0 Å². The van der Waals surface area contributed by atoms with E-state index in [1.165, 1.54) is 7.11 Å². The van der Waals surface area contributed by atoms with Crippen molar-refractivity contribution in [1.82, 2.24) is 10.3 Å². The Hall–Kier alpha value is -3.87. The molecule has 0 radical (unpaired) electrons. The lowest BCUT2D eigenvalue weighted by Crippen LogP contribution is -2.36. The summed E-state index contributed by atoms with van der Waals surface area (Å²) in [6, 6.07) is 18.4. The lowest BCUT2D eigenvalue weighted by Gasteiger charge is -2.13. The number of rotatable bonds is 6. The van der Waals surface area contributed by atoms with E-state index in [1.54, 1.807) is 31.5 Å². The van der Waals surface area contributed by atoms with Crippen LogP contribution in [0.2, 0.25) is 0 Å². The van der Waals surface area contributed by atoms with Gasteiger partial charge in [-0.2, -0.15) is 0 Å². The first kappa shape index (κ1) is 20.9. The predicted octanol–water partition coefficient (Wildman–Crippen LogP) is 3.81. The highest BCUT2D eigenvalue weighted by atomic mass is 16.5. The average Bonchev–Trinajstić information content (AvgIpc) is 2.79. The van der Waals surface area contributed by atoms with Crippen LogP contribution in [0.25, 0.3) is 0 Å². The minimum atomic E-state index is -0.324. The van der Waals surface area contributed by atoms with E-state index < -0.39 is 0 Å². The zero-order chi connectivity index (χ0) is 21.3. The summed E-state index contributed by atoms with van der Waals surface area (Å²) < 4.78 is 10.5. The quantitative estimate of drug-likeness (QED) is 0.482. The van der Waals surface area contributed by atoms with Crippen LogP contribution in [-0.4, -0.2) is 31.1 Å². The molecule has 0 spiro atoms. The lowest BCUT2D eigenvalue weighted by atomic mass is 10.2. The number of carbonyl (C=O) groups is 1. The molecule has 0 unspecified atom stereocenters. The number of benzene rings is 2. The van der Waals surface area contributed by atoms with Crippen molar-refractivity contribution in [2.45, 2.75) is 13.5 Å². The average molecular weight is 404 g/mol. The monoisotopic (exact) mass is 404 g/mol. The Morgan fingerprint density at radius 2 is 1.77 bits per heavy atom. The maximum atomic E-state index is 12.8. The van der Waals surface area contributed by atoms with Crippen LogP contribution >= 0.6 is 0 Å². The highest BCUT2D eigenvalue weighted by Crippen LogP contribution is 2.27. The standard InChI is InChI=1S/C23H24N4O3/c1-16-7-10-18(11-8-16)26-23(25-15-19-6-4-5-13-24-19)27-22(28)17-9-12-20(29-2)21(14-17)30-3/h4-14H,15H2,1-3H3,(H2,25,26,27,28). The van der Waals surface area contributed by atoms with Gasteiger partial charge in [-0.05, 0) is 49.4 Å². The molecule has 1 aromatic heterocycles. The smallest absolute Gasteiger partial charge is 0.258 e. The maximum absolute atomic E-state index is 12.8. The molecule has 0 aliphatic rings. The summed E-state index contributed by atoms with van der Waals surface area (Å²) in [7, 11) is 3.07. The molecule has 0 bridgehead atoms. The van der Waals surface area contributed by atoms with E-state index in [4.69, 9.17) is 9.47 Å². The second-order valence-corrected chi connectivity index (χ2v) is 6.50. The van der Waals surface area contributed by atoms with Gasteiger partial charge in [0.25, 0.3) is 5.91 Å². The molecule has 1 amide bonds. The molecule has 0 saturated heterocycles. The van der Waals surface area contributed by atoms with Crippen molar-refractivity contribution in [3.05, 3.63) is 83.7 Å². The van der Waals surface area contributed by atoms with Gasteiger partial charge in [0.1, 0.15) is 0 Å². The molecule has 7 heteroatoms. The zero-order valence-corrected chi connectivity index (χ0v) is 17.2. The molecular formula is C23H24N4O3. The molecule has 30 heavy (non-hydrogen) atoms. The Morgan fingerprint density at radius 1 is 1.00 bits per heavy atom. The molecule has 3 rings (SSSR count). The Bertz CT molecular complexity index is 1020. The maximum Gasteiger partial charge on any atom is 0.258 e. The molecular weight excluding hydrogens is 380 g/mol. The van der Waals surface area contributed by atoms with Crippen molar-refractivity contribution >= 4 is 17.6 Å². The van der Waals surface area contributed by atoms with Crippen molar-refractivity contribution in [1.29, 1.82) is 0 Å². The number of carbonyl (C=O) groups excluding carboxylic acids is 1. The molecule has 0 aliphatic carbocycles. The second kappa shape index (κ2) is 10.1. The molecule has 1 heterocycles. The minimum absolute atomic E-state index is 0.321. The van der Waals surface area contributed by atoms with Crippen LogP contribution in [0.1, 0.15) is 21.6 Å². The van der Waals surface area contributed by atoms with Crippen molar-refractivity contribution in [3.63, 3.8) is 0 Å². The third kappa shape index (κ3) is 5.57. The Kier molecular flexibility index (Phi) is 7.00. The highest BCUT2D eigenvalue weighted by Gasteiger charge is 2.13. The van der Waals surface area contributed by atoms with Crippen LogP contribution in [0.5, 0.6) is 11.5 Å². The molecule has 0 saturated carbocycles. The van der Waals surface area contributed by atoms with Gasteiger partial charge in [0.15, 0.2) is 11.5 Å². The van der Waals surface area contributed by atoms with Crippen LogP contribution in [0.4, 0.5) is 5.69 Å². The molecule has 7 nitrogen and oxygen atoms in total. The Labute approximate surface area is 175 Å². The normalized spacial score (nSPS) is 11.0. The van der Waals surface area contributed by atoms with Gasteiger partial charge < -0.3 is 14.8 Å². The van der Waals surface area contributed by atoms with E-state index in [-0.39, 0.29) is 5.91 Å². The topological polar surface area (TPSA) is 84.8 Å². The molecule has 3 aromatic rings. The third-order valence-corrected chi connectivity index (χ3v) is 4.32. The summed E-state index contributed by atoms with van der Waals surface area (Å²) in [5.74, 6) is 1.03. The van der Waals surface area contributed by atoms with E-state index in [2.05, 4.69) is 20.6 Å². The van der Waals surface area contributed by atoms with Crippen molar-refractivity contribution in [3.8, 4) is 11.5 Å². The van der Waals surface area contributed by atoms with Gasteiger partial charge in [0.05, 0.1) is 26.5 Å². The van der Waals surface area contributed by atoms with Gasteiger partial charge in [-0.1, -0.05) is 23.8 Å². The summed E-state index contributed by atoms with van der Waals surface area (Å²) in [5.41, 5.74) is 3.17. The summed E-state index contributed by atoms with van der Waals surface area (Å²) in [5, 5.41) is 5.99. The van der Waals surface area contributed by atoms with Crippen LogP contribution in [0.3, 0.4) is 0 Å². The largest absolute Gasteiger partial charge is 0.493 e. The number of aliphatic imine (C=N–C) groups is 1. The van der Waals surface area contributed by atoms with E-state index in [0.717, 1.165) is 16.9 Å². The number of methoxy groups -OCH3 is 2. The number of nitrogens with one attached hydrogen (secondary N) is 2. The van der Waals surface area contributed by atoms with Crippen molar-refractivity contribution in [2.24, 2.45) is 4.99 Å². The number of amides is 1. The van der Waals surface area contributed by atoms with E-state index in [9.17, 15) is 4.79 Å². The van der Waals surface area contributed by atoms with Gasteiger partial charge in [-0.3, -0.25) is 15.1 Å². The van der Waals surface area contributed by atoms with Gasteiger partial charge >= 0.3 is 0 Å². The number of aromatic nitrogens is 1. The molecule has 154 valence electrons. The Morgan fingerprint density at radius 3 is 2.43 bits per heavy atom. The third-order valence-electron chi connectivity index (χ3n) is 4.32. The number of aryl methyl sites for hydroxylation is 1.